The highest BCUT2D eigenvalue weighted by atomic mass is 16.6. The number of nitrogens with one attached hydrogen (secondary N) is 1. The van der Waals surface area contributed by atoms with Crippen molar-refractivity contribution in [3.8, 4) is 0 Å². The van der Waals surface area contributed by atoms with Crippen LogP contribution in [0.5, 0.6) is 0 Å². The van der Waals surface area contributed by atoms with Crippen LogP contribution in [0.4, 0.5) is 0 Å². The first-order chi connectivity index (χ1) is 8.01. The molecule has 98 valence electrons. The Morgan fingerprint density at radius 2 is 2.06 bits per heavy atom. The number of carbonyl (C=O) groups is 3. The van der Waals surface area contributed by atoms with Gasteiger partial charge in [0.15, 0.2) is 6.61 Å². The first kappa shape index (κ1) is 15.4. The van der Waals surface area contributed by atoms with Gasteiger partial charge in [0.05, 0.1) is 0 Å². The van der Waals surface area contributed by atoms with Crippen LogP contribution in [0.1, 0.15) is 26.2 Å². The van der Waals surface area contributed by atoms with Gasteiger partial charge in [-0.2, -0.15) is 0 Å². The van der Waals surface area contributed by atoms with Gasteiger partial charge in [0.1, 0.15) is 6.04 Å². The molecule has 0 bridgehead atoms. The number of carboxylic acid groups (broad SMARTS) is 1. The molecule has 0 aromatic rings. The summed E-state index contributed by atoms with van der Waals surface area (Å²) in [5.74, 6) is -2.27. The molecule has 0 radical (unpaired) electrons. The Morgan fingerprint density at radius 3 is 2.53 bits per heavy atom. The smallest absolute Gasteiger partial charge is 0.341 e. The standard InChI is InChI=1S/C10H18N2O5/c1-2-7(10(16)17-6-9(14)15)12-8(13)4-3-5-11/h7H,2-6,11H2,1H3,(H,12,13)(H,14,15)/t7-/m0/s1. The van der Waals surface area contributed by atoms with E-state index < -0.39 is 24.6 Å². The second kappa shape index (κ2) is 8.51. The van der Waals surface area contributed by atoms with E-state index >= 15 is 0 Å². The van der Waals surface area contributed by atoms with Gasteiger partial charge in [0, 0.05) is 6.42 Å². The highest BCUT2D eigenvalue weighted by Gasteiger charge is 2.20. The van der Waals surface area contributed by atoms with Crippen LogP contribution in [0, 0.1) is 0 Å². The number of hydrogen-bond acceptors (Lipinski definition) is 5. The molecule has 1 atom stereocenters. The Kier molecular flexibility index (Phi) is 7.70. The van der Waals surface area contributed by atoms with Crippen molar-refractivity contribution in [1.82, 2.24) is 5.32 Å². The lowest BCUT2D eigenvalue weighted by Crippen LogP contribution is -2.41. The number of amides is 1. The van der Waals surface area contributed by atoms with E-state index in [1.807, 2.05) is 0 Å². The number of carboxylic acids is 1. The summed E-state index contributed by atoms with van der Waals surface area (Å²) in [4.78, 5) is 32.9. The van der Waals surface area contributed by atoms with E-state index in [4.69, 9.17) is 10.8 Å². The van der Waals surface area contributed by atoms with Gasteiger partial charge in [-0.25, -0.2) is 9.59 Å². The monoisotopic (exact) mass is 246 g/mol. The second-order valence-corrected chi connectivity index (χ2v) is 3.42. The largest absolute Gasteiger partial charge is 0.479 e. The Morgan fingerprint density at radius 1 is 1.41 bits per heavy atom. The van der Waals surface area contributed by atoms with Crippen LogP contribution in [0.2, 0.25) is 0 Å². The number of ether oxygens (including phenoxy) is 1. The van der Waals surface area contributed by atoms with E-state index in [2.05, 4.69) is 10.1 Å². The highest BCUT2D eigenvalue weighted by molar-refractivity contribution is 5.85. The van der Waals surface area contributed by atoms with E-state index in [0.717, 1.165) is 0 Å². The molecule has 0 heterocycles. The number of carbonyl (C=O) groups excluding carboxylic acids is 2. The van der Waals surface area contributed by atoms with E-state index in [-0.39, 0.29) is 12.3 Å². The number of rotatable bonds is 8. The molecular weight excluding hydrogens is 228 g/mol. The molecule has 0 aromatic heterocycles. The van der Waals surface area contributed by atoms with E-state index in [0.29, 0.717) is 19.4 Å². The van der Waals surface area contributed by atoms with Crippen molar-refractivity contribution >= 4 is 17.8 Å². The first-order valence-corrected chi connectivity index (χ1v) is 5.39. The van der Waals surface area contributed by atoms with Gasteiger partial charge < -0.3 is 20.9 Å². The number of aliphatic carboxylic acids is 1. The van der Waals surface area contributed by atoms with Crippen LogP contribution in [0.3, 0.4) is 0 Å². The predicted molar refractivity (Wildman–Crippen MR) is 59.1 cm³/mol. The summed E-state index contributed by atoms with van der Waals surface area (Å²) in [6, 6.07) is -0.806. The van der Waals surface area contributed by atoms with Gasteiger partial charge in [0.25, 0.3) is 0 Å². The molecule has 0 saturated carbocycles. The summed E-state index contributed by atoms with van der Waals surface area (Å²) < 4.78 is 4.48. The maximum absolute atomic E-state index is 11.4. The molecule has 0 saturated heterocycles. The van der Waals surface area contributed by atoms with Crippen LogP contribution >= 0.6 is 0 Å². The zero-order valence-electron chi connectivity index (χ0n) is 9.77. The quantitative estimate of drug-likeness (QED) is 0.485. The maximum atomic E-state index is 11.4. The van der Waals surface area contributed by atoms with Gasteiger partial charge in [-0.15, -0.1) is 0 Å². The fraction of sp³-hybridized carbons (Fsp3) is 0.700. The van der Waals surface area contributed by atoms with Crippen LogP contribution in [0.15, 0.2) is 0 Å². The molecule has 0 aromatic carbocycles. The summed E-state index contributed by atoms with van der Waals surface area (Å²) in [5, 5.41) is 10.8. The van der Waals surface area contributed by atoms with Crippen molar-refractivity contribution in [3.05, 3.63) is 0 Å². The molecule has 0 aliphatic heterocycles. The van der Waals surface area contributed by atoms with E-state index in [9.17, 15) is 14.4 Å². The summed E-state index contributed by atoms with van der Waals surface area (Å²) >= 11 is 0. The zero-order valence-corrected chi connectivity index (χ0v) is 9.77. The average Bonchev–Trinajstić information content (AvgIpc) is 2.30. The molecule has 0 aliphatic rings. The van der Waals surface area contributed by atoms with Crippen LogP contribution in [-0.2, 0) is 19.1 Å². The Balaban J connectivity index is 4.08. The molecule has 7 heteroatoms. The van der Waals surface area contributed by atoms with Crippen molar-refractivity contribution in [3.63, 3.8) is 0 Å². The maximum Gasteiger partial charge on any atom is 0.341 e. The van der Waals surface area contributed by atoms with Crippen LogP contribution in [-0.4, -0.2) is 42.1 Å². The molecule has 0 spiro atoms. The van der Waals surface area contributed by atoms with Crippen molar-refractivity contribution in [2.45, 2.75) is 32.2 Å². The predicted octanol–water partition coefficient (Wildman–Crippen LogP) is -0.752. The van der Waals surface area contributed by atoms with Crippen molar-refractivity contribution in [2.75, 3.05) is 13.2 Å². The summed E-state index contributed by atoms with van der Waals surface area (Å²) in [6.07, 6.45) is 1.11. The molecule has 0 aliphatic carbocycles. The Labute approximate surface area is 99.3 Å². The number of hydrogen-bond donors (Lipinski definition) is 3. The lowest BCUT2D eigenvalue weighted by Gasteiger charge is -2.15. The molecule has 17 heavy (non-hydrogen) atoms. The third-order valence-electron chi connectivity index (χ3n) is 1.97. The third-order valence-corrected chi connectivity index (χ3v) is 1.97. The zero-order chi connectivity index (χ0) is 13.3. The topological polar surface area (TPSA) is 119 Å². The number of nitrogens with two attached hydrogens (primary N) is 1. The molecular formula is C10H18N2O5. The molecule has 0 unspecified atom stereocenters. The Hall–Kier alpha value is -1.63. The highest BCUT2D eigenvalue weighted by Crippen LogP contribution is 1.97. The lowest BCUT2D eigenvalue weighted by atomic mass is 10.2. The molecule has 0 rings (SSSR count). The minimum atomic E-state index is -1.23. The number of esters is 1. The first-order valence-electron chi connectivity index (χ1n) is 5.39. The van der Waals surface area contributed by atoms with Gasteiger partial charge >= 0.3 is 11.9 Å². The molecule has 1 amide bonds. The Bertz CT molecular complexity index is 280. The van der Waals surface area contributed by atoms with Gasteiger partial charge in [-0.05, 0) is 19.4 Å². The van der Waals surface area contributed by atoms with Gasteiger partial charge in [-0.3, -0.25) is 4.79 Å². The fourth-order valence-electron chi connectivity index (χ4n) is 1.09. The van der Waals surface area contributed by atoms with Crippen molar-refractivity contribution < 1.29 is 24.2 Å². The average molecular weight is 246 g/mol. The SMILES string of the molecule is CC[C@H](NC(=O)CCCN)C(=O)OCC(=O)O. The normalized spacial score (nSPS) is 11.6. The molecule has 0 fully saturated rings. The van der Waals surface area contributed by atoms with Crippen molar-refractivity contribution in [1.29, 1.82) is 0 Å². The summed E-state index contributed by atoms with van der Waals surface area (Å²) in [5.41, 5.74) is 5.24. The third kappa shape index (κ3) is 7.29. The van der Waals surface area contributed by atoms with E-state index in [1.54, 1.807) is 6.92 Å². The lowest BCUT2D eigenvalue weighted by molar-refractivity contribution is -0.157. The molecule has 7 nitrogen and oxygen atoms in total. The van der Waals surface area contributed by atoms with Crippen LogP contribution in [0.25, 0.3) is 0 Å². The van der Waals surface area contributed by atoms with Gasteiger partial charge in [0.2, 0.25) is 5.91 Å². The van der Waals surface area contributed by atoms with Crippen LogP contribution < -0.4 is 11.1 Å². The summed E-state index contributed by atoms with van der Waals surface area (Å²) in [7, 11) is 0. The van der Waals surface area contributed by atoms with E-state index in [1.165, 1.54) is 0 Å². The molecule has 4 N–H and O–H groups in total. The van der Waals surface area contributed by atoms with Crippen molar-refractivity contribution in [2.24, 2.45) is 5.73 Å². The summed E-state index contributed by atoms with van der Waals surface area (Å²) in [6.45, 7) is 1.39. The second-order valence-electron chi connectivity index (χ2n) is 3.42. The minimum Gasteiger partial charge on any atom is -0.479 e. The van der Waals surface area contributed by atoms with Gasteiger partial charge in [-0.1, -0.05) is 6.92 Å². The fourth-order valence-corrected chi connectivity index (χ4v) is 1.09. The minimum absolute atomic E-state index is 0.235.